The zero-order chi connectivity index (χ0) is 15.0. The second-order valence-electron chi connectivity index (χ2n) is 6.07. The van der Waals surface area contributed by atoms with E-state index in [4.69, 9.17) is 0 Å². The molecule has 1 aliphatic carbocycles. The van der Waals surface area contributed by atoms with Crippen molar-refractivity contribution >= 4 is 29.5 Å². The van der Waals surface area contributed by atoms with Gasteiger partial charge in [-0.1, -0.05) is 12.8 Å². The molecule has 3 atom stereocenters. The highest BCUT2D eigenvalue weighted by atomic mass is 32.2. The predicted octanol–water partition coefficient (Wildman–Crippen LogP) is 0.764. The first kappa shape index (κ1) is 14.7. The Bertz CT molecular complexity index is 470. The van der Waals surface area contributed by atoms with Crippen LogP contribution < -0.4 is 0 Å². The van der Waals surface area contributed by atoms with Crippen molar-refractivity contribution in [3.05, 3.63) is 0 Å². The van der Waals surface area contributed by atoms with Crippen molar-refractivity contribution in [1.82, 2.24) is 9.80 Å². The Morgan fingerprint density at radius 2 is 2.05 bits per heavy atom. The summed E-state index contributed by atoms with van der Waals surface area (Å²) in [5.74, 6) is 0.117. The number of hydrogen-bond donors (Lipinski definition) is 1. The van der Waals surface area contributed by atoms with E-state index in [9.17, 15) is 19.5 Å². The van der Waals surface area contributed by atoms with E-state index in [2.05, 4.69) is 0 Å². The normalized spacial score (nSPS) is 32.4. The van der Waals surface area contributed by atoms with E-state index in [1.54, 1.807) is 4.90 Å². The number of thioether (sulfide) groups is 1. The Labute approximate surface area is 127 Å². The van der Waals surface area contributed by atoms with Crippen LogP contribution in [0.1, 0.15) is 32.1 Å². The van der Waals surface area contributed by atoms with E-state index in [1.807, 2.05) is 0 Å². The summed E-state index contributed by atoms with van der Waals surface area (Å²) in [6.07, 6.45) is 4.64. The van der Waals surface area contributed by atoms with Crippen molar-refractivity contribution < 1.29 is 19.5 Å². The topological polar surface area (TPSA) is 77.9 Å². The van der Waals surface area contributed by atoms with Crippen LogP contribution in [-0.4, -0.2) is 62.9 Å². The average molecular weight is 312 g/mol. The SMILES string of the molecule is O=C(O)[C@@H]1C[C@@H]2CCCC[C@H]2N1C(=O)CN1CSCC1=O. The molecule has 3 rings (SSSR count). The van der Waals surface area contributed by atoms with Gasteiger partial charge in [-0.25, -0.2) is 4.79 Å². The molecule has 1 saturated carbocycles. The maximum Gasteiger partial charge on any atom is 0.326 e. The summed E-state index contributed by atoms with van der Waals surface area (Å²) in [6, 6.07) is -0.659. The smallest absolute Gasteiger partial charge is 0.326 e. The number of carbonyl (C=O) groups is 3. The number of hydrogen-bond acceptors (Lipinski definition) is 4. The first-order valence-electron chi connectivity index (χ1n) is 7.47. The fourth-order valence-corrected chi connectivity index (χ4v) is 4.73. The summed E-state index contributed by atoms with van der Waals surface area (Å²) in [5, 5.41) is 9.41. The number of likely N-dealkylation sites (tertiary alicyclic amines) is 1. The van der Waals surface area contributed by atoms with E-state index in [1.165, 1.54) is 16.7 Å². The number of amides is 2. The number of carboxylic acid groups (broad SMARTS) is 1. The van der Waals surface area contributed by atoms with Crippen LogP contribution in [0.15, 0.2) is 0 Å². The number of carboxylic acids is 1. The molecular formula is C14H20N2O4S. The van der Waals surface area contributed by atoms with Gasteiger partial charge in [0.25, 0.3) is 0 Å². The Balaban J connectivity index is 1.74. The van der Waals surface area contributed by atoms with Crippen molar-refractivity contribution in [3.63, 3.8) is 0 Å². The molecule has 2 saturated heterocycles. The van der Waals surface area contributed by atoms with Crippen LogP contribution in [0.25, 0.3) is 0 Å². The molecule has 0 aromatic rings. The van der Waals surface area contributed by atoms with Gasteiger partial charge in [-0.2, -0.15) is 0 Å². The molecule has 1 N–H and O–H groups in total. The minimum Gasteiger partial charge on any atom is -0.480 e. The summed E-state index contributed by atoms with van der Waals surface area (Å²) in [6.45, 7) is 0.0266. The molecule has 6 nitrogen and oxygen atoms in total. The van der Waals surface area contributed by atoms with Gasteiger partial charge in [0.2, 0.25) is 11.8 Å². The Morgan fingerprint density at radius 1 is 1.29 bits per heavy atom. The second-order valence-corrected chi connectivity index (χ2v) is 7.03. The minimum atomic E-state index is -0.917. The van der Waals surface area contributed by atoms with Gasteiger partial charge in [0, 0.05) is 6.04 Å². The first-order chi connectivity index (χ1) is 10.1. The van der Waals surface area contributed by atoms with Crippen LogP contribution in [0.4, 0.5) is 0 Å². The summed E-state index contributed by atoms with van der Waals surface area (Å²) < 4.78 is 0. The quantitative estimate of drug-likeness (QED) is 0.832. The molecule has 7 heteroatoms. The average Bonchev–Trinajstić information content (AvgIpc) is 3.03. The number of rotatable bonds is 3. The van der Waals surface area contributed by atoms with Crippen LogP contribution in [0, 0.1) is 5.92 Å². The Morgan fingerprint density at radius 3 is 2.71 bits per heavy atom. The lowest BCUT2D eigenvalue weighted by atomic mass is 9.85. The molecular weight excluding hydrogens is 292 g/mol. The lowest BCUT2D eigenvalue weighted by Gasteiger charge is -2.33. The Hall–Kier alpha value is -1.24. The molecule has 0 aromatic heterocycles. The second kappa shape index (κ2) is 5.87. The standard InChI is InChI=1S/C14H20N2O4S/c17-12(6-15-8-21-7-13(15)18)16-10-4-2-1-3-9(10)5-11(16)14(19)20/h9-11H,1-8H2,(H,19,20)/t9-,10+,11-/m0/s1. The summed E-state index contributed by atoms with van der Waals surface area (Å²) >= 11 is 1.49. The highest BCUT2D eigenvalue weighted by Crippen LogP contribution is 2.40. The molecule has 2 heterocycles. The van der Waals surface area contributed by atoms with Crippen LogP contribution in [0.3, 0.4) is 0 Å². The van der Waals surface area contributed by atoms with E-state index in [0.717, 1.165) is 25.7 Å². The fraction of sp³-hybridized carbons (Fsp3) is 0.786. The lowest BCUT2D eigenvalue weighted by molar-refractivity contribution is -0.151. The molecule has 0 aromatic carbocycles. The van der Waals surface area contributed by atoms with Gasteiger partial charge < -0.3 is 14.9 Å². The van der Waals surface area contributed by atoms with E-state index in [0.29, 0.717) is 24.0 Å². The molecule has 2 aliphatic heterocycles. The van der Waals surface area contributed by atoms with Crippen molar-refractivity contribution in [3.8, 4) is 0 Å². The zero-order valence-electron chi connectivity index (χ0n) is 11.9. The van der Waals surface area contributed by atoms with E-state index in [-0.39, 0.29) is 24.4 Å². The Kier molecular flexibility index (Phi) is 4.10. The van der Waals surface area contributed by atoms with E-state index >= 15 is 0 Å². The van der Waals surface area contributed by atoms with Gasteiger partial charge in [0.1, 0.15) is 12.6 Å². The monoisotopic (exact) mass is 312 g/mol. The number of fused-ring (bicyclic) bond motifs is 1. The summed E-state index contributed by atoms with van der Waals surface area (Å²) in [7, 11) is 0. The van der Waals surface area contributed by atoms with Crippen molar-refractivity contribution in [2.75, 3.05) is 18.2 Å². The molecule has 2 amide bonds. The molecule has 0 bridgehead atoms. The molecule has 3 aliphatic rings. The maximum atomic E-state index is 12.6. The molecule has 3 fully saturated rings. The van der Waals surface area contributed by atoms with Crippen LogP contribution >= 0.6 is 11.8 Å². The van der Waals surface area contributed by atoms with Gasteiger partial charge >= 0.3 is 5.97 Å². The maximum absolute atomic E-state index is 12.6. The summed E-state index contributed by atoms with van der Waals surface area (Å²) in [5.41, 5.74) is 0. The number of nitrogens with zero attached hydrogens (tertiary/aromatic N) is 2. The molecule has 21 heavy (non-hydrogen) atoms. The lowest BCUT2D eigenvalue weighted by Crippen LogP contribution is -2.50. The third-order valence-corrected chi connectivity index (χ3v) is 5.76. The first-order valence-corrected chi connectivity index (χ1v) is 8.63. The fourth-order valence-electron chi connectivity index (χ4n) is 3.82. The van der Waals surface area contributed by atoms with Gasteiger partial charge in [0.05, 0.1) is 11.6 Å². The zero-order valence-corrected chi connectivity index (χ0v) is 12.7. The van der Waals surface area contributed by atoms with Gasteiger partial charge in [0.15, 0.2) is 0 Å². The minimum absolute atomic E-state index is 0.0266. The molecule has 0 spiro atoms. The van der Waals surface area contributed by atoms with Crippen molar-refractivity contribution in [2.45, 2.75) is 44.2 Å². The highest BCUT2D eigenvalue weighted by Gasteiger charge is 2.47. The van der Waals surface area contributed by atoms with Crippen LogP contribution in [0.2, 0.25) is 0 Å². The van der Waals surface area contributed by atoms with Crippen LogP contribution in [-0.2, 0) is 14.4 Å². The predicted molar refractivity (Wildman–Crippen MR) is 77.7 cm³/mol. The largest absolute Gasteiger partial charge is 0.480 e. The van der Waals surface area contributed by atoms with Gasteiger partial charge in [-0.15, -0.1) is 11.8 Å². The molecule has 0 unspecified atom stereocenters. The number of carbonyl (C=O) groups excluding carboxylic acids is 2. The third-order valence-electron chi connectivity index (χ3n) is 4.81. The number of aliphatic carboxylic acids is 1. The molecule has 116 valence electrons. The summed E-state index contributed by atoms with van der Waals surface area (Å²) in [4.78, 5) is 38.8. The van der Waals surface area contributed by atoms with Crippen molar-refractivity contribution in [1.29, 1.82) is 0 Å². The van der Waals surface area contributed by atoms with Crippen LogP contribution in [0.5, 0.6) is 0 Å². The van der Waals surface area contributed by atoms with E-state index < -0.39 is 12.0 Å². The van der Waals surface area contributed by atoms with Gasteiger partial charge in [-0.3, -0.25) is 9.59 Å². The highest BCUT2D eigenvalue weighted by molar-refractivity contribution is 8.00. The van der Waals surface area contributed by atoms with Crippen molar-refractivity contribution in [2.24, 2.45) is 5.92 Å². The molecule has 0 radical (unpaired) electrons. The third kappa shape index (κ3) is 2.75. The van der Waals surface area contributed by atoms with Gasteiger partial charge in [-0.05, 0) is 25.2 Å².